The number of fused-ring (bicyclic) bond motifs is 2. The number of hydrogen-bond acceptors (Lipinski definition) is 3. The zero-order valence-corrected chi connectivity index (χ0v) is 12.7. The molecular weight excluding hydrogens is 268 g/mol. The van der Waals surface area contributed by atoms with E-state index in [0.717, 1.165) is 24.5 Å². The molecular formula is C16H22N2OS. The van der Waals surface area contributed by atoms with Gasteiger partial charge in [-0.05, 0) is 62.6 Å². The lowest BCUT2D eigenvalue weighted by molar-refractivity contribution is 0.0790. The molecule has 3 aliphatic rings. The second kappa shape index (κ2) is 5.15. The second-order valence-electron chi connectivity index (χ2n) is 6.44. The van der Waals surface area contributed by atoms with Crippen LogP contribution in [0.2, 0.25) is 0 Å². The quantitative estimate of drug-likeness (QED) is 0.861. The fourth-order valence-corrected chi connectivity index (χ4v) is 5.19. The van der Waals surface area contributed by atoms with Crippen LogP contribution in [0.15, 0.2) is 6.07 Å². The molecule has 0 spiro atoms. The summed E-state index contributed by atoms with van der Waals surface area (Å²) in [5.41, 5.74) is 1.44. The number of carbonyl (C=O) groups is 1. The molecule has 2 unspecified atom stereocenters. The predicted octanol–water partition coefficient (Wildman–Crippen LogP) is 2.45. The smallest absolute Gasteiger partial charge is 0.264 e. The van der Waals surface area contributed by atoms with Gasteiger partial charge < -0.3 is 10.2 Å². The first-order valence-electron chi connectivity index (χ1n) is 7.95. The van der Waals surface area contributed by atoms with Gasteiger partial charge in [0.05, 0.1) is 4.88 Å². The van der Waals surface area contributed by atoms with E-state index in [9.17, 15) is 4.79 Å². The Balaban J connectivity index is 1.51. The van der Waals surface area contributed by atoms with Crippen LogP contribution < -0.4 is 5.32 Å². The van der Waals surface area contributed by atoms with Crippen LogP contribution in [0.1, 0.15) is 45.8 Å². The molecule has 1 amide bonds. The fraction of sp³-hybridized carbons (Fsp3) is 0.688. The van der Waals surface area contributed by atoms with Crippen LogP contribution in [0, 0.1) is 5.92 Å². The summed E-state index contributed by atoms with van der Waals surface area (Å²) in [5, 5.41) is 3.58. The lowest BCUT2D eigenvalue weighted by Crippen LogP contribution is -2.41. The number of rotatable bonds is 1. The first-order chi connectivity index (χ1) is 9.81. The van der Waals surface area contributed by atoms with Gasteiger partial charge in [-0.1, -0.05) is 0 Å². The summed E-state index contributed by atoms with van der Waals surface area (Å²) in [6, 6.07) is 2.72. The number of carbonyl (C=O) groups excluding carboxylic acids is 1. The van der Waals surface area contributed by atoms with E-state index in [-0.39, 0.29) is 5.91 Å². The molecule has 3 heterocycles. The highest BCUT2D eigenvalue weighted by atomic mass is 32.1. The Hall–Kier alpha value is -0.870. The highest BCUT2D eigenvalue weighted by molar-refractivity contribution is 7.14. The second-order valence-corrected chi connectivity index (χ2v) is 7.58. The lowest BCUT2D eigenvalue weighted by Gasteiger charge is -2.24. The number of amides is 1. The molecule has 1 aromatic heterocycles. The van der Waals surface area contributed by atoms with Gasteiger partial charge in [0.15, 0.2) is 0 Å². The van der Waals surface area contributed by atoms with Gasteiger partial charge in [0.1, 0.15) is 0 Å². The minimum absolute atomic E-state index is 0.278. The van der Waals surface area contributed by atoms with Crippen molar-refractivity contribution in [2.75, 3.05) is 19.6 Å². The molecule has 1 aromatic rings. The van der Waals surface area contributed by atoms with Crippen molar-refractivity contribution in [1.29, 1.82) is 0 Å². The SMILES string of the molecule is O=C(c1cc2c(s1)CCCC2)N1CC2CCCNC2C1. The lowest BCUT2D eigenvalue weighted by atomic mass is 9.94. The standard InChI is InChI=1S/C16H22N2OS/c19-16(15-8-11-4-1-2-6-14(11)20-15)18-9-12-5-3-7-17-13(12)10-18/h8,12-13,17H,1-7,9-10H2. The summed E-state index contributed by atoms with van der Waals surface area (Å²) in [7, 11) is 0. The van der Waals surface area contributed by atoms with Gasteiger partial charge in [0.25, 0.3) is 5.91 Å². The van der Waals surface area contributed by atoms with Crippen LogP contribution in [0.5, 0.6) is 0 Å². The minimum Gasteiger partial charge on any atom is -0.336 e. The van der Waals surface area contributed by atoms with Gasteiger partial charge in [-0.15, -0.1) is 11.3 Å². The van der Waals surface area contributed by atoms with Crippen LogP contribution in [-0.4, -0.2) is 36.5 Å². The Bertz CT molecular complexity index is 487. The molecule has 4 heteroatoms. The average molecular weight is 290 g/mol. The Morgan fingerprint density at radius 2 is 2.15 bits per heavy atom. The molecule has 2 fully saturated rings. The van der Waals surface area contributed by atoms with Gasteiger partial charge in [-0.3, -0.25) is 4.79 Å². The van der Waals surface area contributed by atoms with Crippen molar-refractivity contribution >= 4 is 17.2 Å². The zero-order chi connectivity index (χ0) is 13.5. The number of nitrogens with zero attached hydrogens (tertiary/aromatic N) is 1. The summed E-state index contributed by atoms with van der Waals surface area (Å²) < 4.78 is 0. The first kappa shape index (κ1) is 12.8. The van der Waals surface area contributed by atoms with Crippen LogP contribution in [0.3, 0.4) is 0 Å². The van der Waals surface area contributed by atoms with E-state index < -0.39 is 0 Å². The van der Waals surface area contributed by atoms with Crippen LogP contribution in [0.4, 0.5) is 0 Å². The van der Waals surface area contributed by atoms with E-state index in [2.05, 4.69) is 16.3 Å². The first-order valence-corrected chi connectivity index (χ1v) is 8.77. The third-order valence-electron chi connectivity index (χ3n) is 5.09. The molecule has 0 bridgehead atoms. The van der Waals surface area contributed by atoms with E-state index in [1.807, 2.05) is 0 Å². The van der Waals surface area contributed by atoms with Crippen LogP contribution in [0.25, 0.3) is 0 Å². The summed E-state index contributed by atoms with van der Waals surface area (Å²) in [4.78, 5) is 17.3. The van der Waals surface area contributed by atoms with Crippen LogP contribution >= 0.6 is 11.3 Å². The van der Waals surface area contributed by atoms with E-state index >= 15 is 0 Å². The number of thiophene rings is 1. The molecule has 0 aromatic carbocycles. The fourth-order valence-electron chi connectivity index (χ4n) is 3.96. The maximum atomic E-state index is 12.7. The van der Waals surface area contributed by atoms with Crippen molar-refractivity contribution < 1.29 is 4.79 Å². The van der Waals surface area contributed by atoms with Crippen molar-refractivity contribution in [3.05, 3.63) is 21.4 Å². The molecule has 2 aliphatic heterocycles. The van der Waals surface area contributed by atoms with Crippen molar-refractivity contribution in [2.45, 2.75) is 44.6 Å². The van der Waals surface area contributed by atoms with E-state index in [4.69, 9.17) is 0 Å². The zero-order valence-electron chi connectivity index (χ0n) is 11.9. The van der Waals surface area contributed by atoms with Gasteiger partial charge in [-0.25, -0.2) is 0 Å². The Kier molecular flexibility index (Phi) is 3.31. The number of likely N-dealkylation sites (tertiary alicyclic amines) is 1. The summed E-state index contributed by atoms with van der Waals surface area (Å²) >= 11 is 1.75. The summed E-state index contributed by atoms with van der Waals surface area (Å²) in [6.07, 6.45) is 7.47. The maximum absolute atomic E-state index is 12.7. The van der Waals surface area contributed by atoms with Gasteiger partial charge in [0, 0.05) is 24.0 Å². The summed E-state index contributed by atoms with van der Waals surface area (Å²) in [6.45, 7) is 2.99. The van der Waals surface area contributed by atoms with Gasteiger partial charge in [-0.2, -0.15) is 0 Å². The Morgan fingerprint density at radius 3 is 3.00 bits per heavy atom. The highest BCUT2D eigenvalue weighted by Gasteiger charge is 2.37. The highest BCUT2D eigenvalue weighted by Crippen LogP contribution is 2.32. The molecule has 2 atom stereocenters. The Labute approximate surface area is 124 Å². The number of nitrogens with one attached hydrogen (secondary N) is 1. The monoisotopic (exact) mass is 290 g/mol. The van der Waals surface area contributed by atoms with Crippen LogP contribution in [-0.2, 0) is 12.8 Å². The third-order valence-corrected chi connectivity index (χ3v) is 6.32. The van der Waals surface area contributed by atoms with Gasteiger partial charge >= 0.3 is 0 Å². The molecule has 2 saturated heterocycles. The number of aryl methyl sites for hydroxylation is 2. The molecule has 1 aliphatic carbocycles. The van der Waals surface area contributed by atoms with Crippen molar-refractivity contribution in [1.82, 2.24) is 10.2 Å². The molecule has 108 valence electrons. The average Bonchev–Trinajstić information content (AvgIpc) is 3.10. The molecule has 4 rings (SSSR count). The largest absolute Gasteiger partial charge is 0.336 e. The summed E-state index contributed by atoms with van der Waals surface area (Å²) in [5.74, 6) is 0.961. The predicted molar refractivity (Wildman–Crippen MR) is 81.4 cm³/mol. The van der Waals surface area contributed by atoms with Crippen molar-refractivity contribution in [3.8, 4) is 0 Å². The van der Waals surface area contributed by atoms with E-state index in [1.165, 1.54) is 49.0 Å². The normalized spacial score (nSPS) is 29.1. The topological polar surface area (TPSA) is 32.3 Å². The molecule has 20 heavy (non-hydrogen) atoms. The number of hydrogen-bond donors (Lipinski definition) is 1. The van der Waals surface area contributed by atoms with Gasteiger partial charge in [0.2, 0.25) is 0 Å². The molecule has 3 nitrogen and oxygen atoms in total. The van der Waals surface area contributed by atoms with Crippen molar-refractivity contribution in [3.63, 3.8) is 0 Å². The molecule has 1 N–H and O–H groups in total. The molecule has 0 saturated carbocycles. The number of piperidine rings is 1. The van der Waals surface area contributed by atoms with Crippen molar-refractivity contribution in [2.24, 2.45) is 5.92 Å². The third kappa shape index (κ3) is 2.19. The maximum Gasteiger partial charge on any atom is 0.264 e. The minimum atomic E-state index is 0.278. The Morgan fingerprint density at radius 1 is 1.25 bits per heavy atom. The molecule has 0 radical (unpaired) electrons. The van der Waals surface area contributed by atoms with E-state index in [0.29, 0.717) is 12.0 Å². The van der Waals surface area contributed by atoms with E-state index in [1.54, 1.807) is 11.3 Å².